The highest BCUT2D eigenvalue weighted by atomic mass is 32.2. The van der Waals surface area contributed by atoms with Crippen molar-refractivity contribution in [1.29, 1.82) is 0 Å². The van der Waals surface area contributed by atoms with Crippen LogP contribution in [0.5, 0.6) is 0 Å². The van der Waals surface area contributed by atoms with E-state index in [-0.39, 0.29) is 22.6 Å². The van der Waals surface area contributed by atoms with Gasteiger partial charge in [0.25, 0.3) is 5.91 Å². The van der Waals surface area contributed by atoms with Gasteiger partial charge in [0.1, 0.15) is 11.2 Å². The maximum atomic E-state index is 14.5. The predicted octanol–water partition coefficient (Wildman–Crippen LogP) is 6.46. The van der Waals surface area contributed by atoms with Crippen LogP contribution < -0.4 is 10.2 Å². The van der Waals surface area contributed by atoms with Crippen LogP contribution in [0, 0.1) is 12.7 Å². The van der Waals surface area contributed by atoms with Crippen molar-refractivity contribution >= 4 is 35.0 Å². The summed E-state index contributed by atoms with van der Waals surface area (Å²) >= 11 is 1.46. The molecule has 4 rings (SSSR count). The molecule has 0 spiro atoms. The molecule has 0 aliphatic carbocycles. The van der Waals surface area contributed by atoms with Crippen LogP contribution in [0.2, 0.25) is 0 Å². The van der Waals surface area contributed by atoms with Gasteiger partial charge in [-0.2, -0.15) is 0 Å². The van der Waals surface area contributed by atoms with E-state index < -0.39 is 5.82 Å². The molecule has 0 unspecified atom stereocenters. The number of halogens is 1. The molecule has 3 aromatic rings. The fraction of sp³-hybridized carbons (Fsp3) is 0.259. The summed E-state index contributed by atoms with van der Waals surface area (Å²) in [5.74, 6) is -0.424. The van der Waals surface area contributed by atoms with Gasteiger partial charge in [-0.1, -0.05) is 51.1 Å². The number of carbonyl (C=O) groups excluding carboxylic acids is 2. The molecule has 0 saturated carbocycles. The third-order valence-corrected chi connectivity index (χ3v) is 6.91. The van der Waals surface area contributed by atoms with E-state index in [4.69, 9.17) is 0 Å². The van der Waals surface area contributed by atoms with Crippen LogP contribution in [0.15, 0.2) is 66.7 Å². The van der Waals surface area contributed by atoms with Gasteiger partial charge in [0.15, 0.2) is 0 Å². The van der Waals surface area contributed by atoms with Crippen molar-refractivity contribution in [3.05, 3.63) is 94.8 Å². The van der Waals surface area contributed by atoms with Crippen molar-refractivity contribution < 1.29 is 14.0 Å². The molecule has 1 saturated heterocycles. The first-order valence-corrected chi connectivity index (χ1v) is 11.9. The summed E-state index contributed by atoms with van der Waals surface area (Å²) in [5, 5.41) is 2.60. The molecule has 3 aromatic carbocycles. The average Bonchev–Trinajstić information content (AvgIpc) is 3.16. The summed E-state index contributed by atoms with van der Waals surface area (Å²) in [6.45, 7) is 8.27. The van der Waals surface area contributed by atoms with Gasteiger partial charge in [0.2, 0.25) is 5.91 Å². The Bertz CT molecular complexity index is 1180. The Hall–Kier alpha value is -3.12. The zero-order valence-electron chi connectivity index (χ0n) is 19.2. The Morgan fingerprint density at radius 3 is 2.33 bits per heavy atom. The monoisotopic (exact) mass is 462 g/mol. The van der Waals surface area contributed by atoms with Gasteiger partial charge >= 0.3 is 0 Å². The molecule has 4 nitrogen and oxygen atoms in total. The Balaban J connectivity index is 1.50. The highest BCUT2D eigenvalue weighted by molar-refractivity contribution is 8.00. The first kappa shape index (κ1) is 23.1. The molecule has 1 N–H and O–H groups in total. The summed E-state index contributed by atoms with van der Waals surface area (Å²) in [6.07, 6.45) is 0. The topological polar surface area (TPSA) is 49.4 Å². The maximum absolute atomic E-state index is 14.5. The fourth-order valence-electron chi connectivity index (χ4n) is 3.79. The predicted molar refractivity (Wildman–Crippen MR) is 133 cm³/mol. The second-order valence-electron chi connectivity index (χ2n) is 9.29. The van der Waals surface area contributed by atoms with Crippen molar-refractivity contribution in [2.75, 3.05) is 16.0 Å². The molecule has 1 heterocycles. The minimum Gasteiger partial charge on any atom is -0.322 e. The highest BCUT2D eigenvalue weighted by Crippen LogP contribution is 2.43. The van der Waals surface area contributed by atoms with E-state index in [0.29, 0.717) is 22.7 Å². The normalized spacial score (nSPS) is 16.2. The Morgan fingerprint density at radius 2 is 1.70 bits per heavy atom. The molecule has 1 fully saturated rings. The summed E-state index contributed by atoms with van der Waals surface area (Å²) in [5.41, 5.74) is 4.51. The molecule has 2 amide bonds. The number of hydrogen-bond donors (Lipinski definition) is 1. The van der Waals surface area contributed by atoms with Crippen LogP contribution in [0.3, 0.4) is 0 Å². The maximum Gasteiger partial charge on any atom is 0.255 e. The molecule has 1 aliphatic heterocycles. The lowest BCUT2D eigenvalue weighted by Gasteiger charge is -2.25. The minimum atomic E-state index is -0.414. The molecular formula is C27H27FN2O2S. The minimum absolute atomic E-state index is 0.0275. The van der Waals surface area contributed by atoms with Gasteiger partial charge in [-0.3, -0.25) is 14.5 Å². The third kappa shape index (κ3) is 4.96. The van der Waals surface area contributed by atoms with Gasteiger partial charge in [0.05, 0.1) is 11.4 Å². The van der Waals surface area contributed by atoms with Crippen molar-refractivity contribution in [3.8, 4) is 0 Å². The van der Waals surface area contributed by atoms with E-state index in [1.54, 1.807) is 12.1 Å². The third-order valence-electron chi connectivity index (χ3n) is 5.70. The number of nitrogens with one attached hydrogen (secondary N) is 1. The lowest BCUT2D eigenvalue weighted by molar-refractivity contribution is -0.115. The van der Waals surface area contributed by atoms with E-state index in [1.807, 2.05) is 55.5 Å². The number of rotatable bonds is 4. The molecule has 6 heteroatoms. The molecule has 0 bridgehead atoms. The van der Waals surface area contributed by atoms with Crippen molar-refractivity contribution in [2.24, 2.45) is 0 Å². The quantitative estimate of drug-likeness (QED) is 0.484. The SMILES string of the molecule is Cc1ccc(F)c(N2C(=O)CS[C@H]2c2ccc(NC(=O)c3ccc(C(C)(C)C)cc3)cc2)c1. The smallest absolute Gasteiger partial charge is 0.255 e. The summed E-state index contributed by atoms with van der Waals surface area (Å²) < 4.78 is 14.5. The van der Waals surface area contributed by atoms with E-state index >= 15 is 0 Å². The molecular weight excluding hydrogens is 435 g/mol. The second kappa shape index (κ2) is 9.02. The number of thioether (sulfide) groups is 1. The number of benzene rings is 3. The van der Waals surface area contributed by atoms with Crippen molar-refractivity contribution in [1.82, 2.24) is 0 Å². The van der Waals surface area contributed by atoms with Crippen LogP contribution in [0.4, 0.5) is 15.8 Å². The van der Waals surface area contributed by atoms with Crippen molar-refractivity contribution in [3.63, 3.8) is 0 Å². The van der Waals surface area contributed by atoms with Crippen LogP contribution in [0.1, 0.15) is 53.2 Å². The summed E-state index contributed by atoms with van der Waals surface area (Å²) in [7, 11) is 0. The molecule has 1 aliphatic rings. The largest absolute Gasteiger partial charge is 0.322 e. The average molecular weight is 463 g/mol. The first-order chi connectivity index (χ1) is 15.6. The Labute approximate surface area is 198 Å². The van der Waals surface area contributed by atoms with Gasteiger partial charge in [-0.25, -0.2) is 4.39 Å². The number of anilines is 2. The van der Waals surface area contributed by atoms with Gasteiger partial charge in [-0.15, -0.1) is 11.8 Å². The van der Waals surface area contributed by atoms with Crippen LogP contribution in [0.25, 0.3) is 0 Å². The number of amides is 2. The number of hydrogen-bond acceptors (Lipinski definition) is 3. The van der Waals surface area contributed by atoms with Gasteiger partial charge in [0, 0.05) is 11.3 Å². The summed E-state index contributed by atoms with van der Waals surface area (Å²) in [6, 6.07) is 19.8. The van der Waals surface area contributed by atoms with Crippen LogP contribution >= 0.6 is 11.8 Å². The Morgan fingerprint density at radius 1 is 1.03 bits per heavy atom. The molecule has 1 atom stereocenters. The van der Waals surface area contributed by atoms with Crippen molar-refractivity contribution in [2.45, 2.75) is 38.5 Å². The number of aryl methyl sites for hydroxylation is 1. The van der Waals surface area contributed by atoms with E-state index in [1.165, 1.54) is 28.3 Å². The van der Waals surface area contributed by atoms with Crippen LogP contribution in [-0.2, 0) is 10.2 Å². The van der Waals surface area contributed by atoms with E-state index in [9.17, 15) is 14.0 Å². The summed E-state index contributed by atoms with van der Waals surface area (Å²) in [4.78, 5) is 26.7. The zero-order chi connectivity index (χ0) is 23.8. The zero-order valence-corrected chi connectivity index (χ0v) is 20.0. The molecule has 0 aromatic heterocycles. The van der Waals surface area contributed by atoms with E-state index in [0.717, 1.165) is 11.1 Å². The number of carbonyl (C=O) groups is 2. The fourth-order valence-corrected chi connectivity index (χ4v) is 4.96. The molecule has 33 heavy (non-hydrogen) atoms. The lowest BCUT2D eigenvalue weighted by Crippen LogP contribution is -2.28. The molecule has 0 radical (unpaired) electrons. The van der Waals surface area contributed by atoms with E-state index in [2.05, 4.69) is 26.1 Å². The van der Waals surface area contributed by atoms with Gasteiger partial charge < -0.3 is 5.32 Å². The van der Waals surface area contributed by atoms with Gasteiger partial charge in [-0.05, 0) is 65.4 Å². The number of nitrogens with zero attached hydrogens (tertiary/aromatic N) is 1. The molecule has 170 valence electrons. The second-order valence-corrected chi connectivity index (χ2v) is 10.4. The van der Waals surface area contributed by atoms with Crippen LogP contribution in [-0.4, -0.2) is 17.6 Å². The standard InChI is InChI=1S/C27H27FN2O2S/c1-17-5-14-22(28)23(15-17)30-24(31)16-33-26(30)19-8-12-21(13-9-19)29-25(32)18-6-10-20(11-7-18)27(2,3)4/h5-15,26H,16H2,1-4H3,(H,29,32)/t26-/m0/s1. The lowest BCUT2D eigenvalue weighted by atomic mass is 9.87. The Kier molecular flexibility index (Phi) is 6.30. The first-order valence-electron chi connectivity index (χ1n) is 10.9. The highest BCUT2D eigenvalue weighted by Gasteiger charge is 2.35.